The van der Waals surface area contributed by atoms with E-state index in [2.05, 4.69) is 18.8 Å². The van der Waals surface area contributed by atoms with E-state index in [0.29, 0.717) is 25.3 Å². The highest BCUT2D eigenvalue weighted by Gasteiger charge is 2.27. The van der Waals surface area contributed by atoms with Gasteiger partial charge in [-0.1, -0.05) is 13.8 Å². The standard InChI is InChI=1S/C12H18N2O3/c1-7(2)5-10-13-11(12(16)17)9-4-3-8(15)6-14(9)10/h7-8,15H,3-6H2,1-2H3,(H,16,17). The molecule has 2 rings (SSSR count). The van der Waals surface area contributed by atoms with Gasteiger partial charge in [0.05, 0.1) is 18.3 Å². The number of rotatable bonds is 3. The lowest BCUT2D eigenvalue weighted by Gasteiger charge is -2.22. The van der Waals surface area contributed by atoms with Crippen molar-refractivity contribution in [2.75, 3.05) is 0 Å². The fraction of sp³-hybridized carbons (Fsp3) is 0.667. The molecule has 0 saturated carbocycles. The number of carbonyl (C=O) groups is 1. The van der Waals surface area contributed by atoms with Gasteiger partial charge >= 0.3 is 5.97 Å². The lowest BCUT2D eigenvalue weighted by atomic mass is 10.1. The van der Waals surface area contributed by atoms with Crippen LogP contribution in [-0.2, 0) is 19.4 Å². The van der Waals surface area contributed by atoms with E-state index in [4.69, 9.17) is 5.11 Å². The summed E-state index contributed by atoms with van der Waals surface area (Å²) >= 11 is 0. The number of nitrogens with zero attached hydrogens (tertiary/aromatic N) is 2. The van der Waals surface area contributed by atoms with Gasteiger partial charge < -0.3 is 14.8 Å². The van der Waals surface area contributed by atoms with Crippen LogP contribution in [0.2, 0.25) is 0 Å². The van der Waals surface area contributed by atoms with E-state index in [9.17, 15) is 9.90 Å². The molecule has 1 atom stereocenters. The number of aliphatic hydroxyl groups is 1. The molecule has 0 saturated heterocycles. The average molecular weight is 238 g/mol. The van der Waals surface area contributed by atoms with Crippen molar-refractivity contribution in [3.8, 4) is 0 Å². The van der Waals surface area contributed by atoms with Gasteiger partial charge in [0.25, 0.3) is 0 Å². The Balaban J connectivity index is 2.42. The Kier molecular flexibility index (Phi) is 3.19. The third-order valence-electron chi connectivity index (χ3n) is 3.05. The molecule has 0 bridgehead atoms. The molecule has 1 aliphatic rings. The number of hydrogen-bond acceptors (Lipinski definition) is 3. The highest BCUT2D eigenvalue weighted by molar-refractivity contribution is 5.87. The van der Waals surface area contributed by atoms with Crippen LogP contribution in [0.4, 0.5) is 0 Å². The van der Waals surface area contributed by atoms with Crippen molar-refractivity contribution < 1.29 is 15.0 Å². The monoisotopic (exact) mass is 238 g/mol. The van der Waals surface area contributed by atoms with Crippen LogP contribution in [0.5, 0.6) is 0 Å². The summed E-state index contributed by atoms with van der Waals surface area (Å²) in [6, 6.07) is 0. The lowest BCUT2D eigenvalue weighted by Crippen LogP contribution is -2.26. The summed E-state index contributed by atoms with van der Waals surface area (Å²) in [6.45, 7) is 4.61. The number of imidazole rings is 1. The topological polar surface area (TPSA) is 75.3 Å². The van der Waals surface area contributed by atoms with Gasteiger partial charge in [0, 0.05) is 6.42 Å². The molecule has 0 aliphatic carbocycles. The molecule has 94 valence electrons. The fourth-order valence-corrected chi connectivity index (χ4v) is 2.30. The first kappa shape index (κ1) is 12.1. The second-order valence-electron chi connectivity index (χ2n) is 5.03. The smallest absolute Gasteiger partial charge is 0.356 e. The molecule has 2 heterocycles. The third-order valence-corrected chi connectivity index (χ3v) is 3.05. The Morgan fingerprint density at radius 1 is 1.59 bits per heavy atom. The average Bonchev–Trinajstić information content (AvgIpc) is 2.56. The van der Waals surface area contributed by atoms with E-state index < -0.39 is 5.97 Å². The zero-order chi connectivity index (χ0) is 12.6. The molecular weight excluding hydrogens is 220 g/mol. The first-order valence-electron chi connectivity index (χ1n) is 5.98. The van der Waals surface area contributed by atoms with E-state index in [-0.39, 0.29) is 11.8 Å². The minimum atomic E-state index is -0.972. The van der Waals surface area contributed by atoms with Gasteiger partial charge in [-0.15, -0.1) is 0 Å². The number of carboxylic acids is 1. The molecular formula is C12H18N2O3. The maximum Gasteiger partial charge on any atom is 0.356 e. The summed E-state index contributed by atoms with van der Waals surface area (Å²) in [6.07, 6.45) is 1.57. The van der Waals surface area contributed by atoms with Gasteiger partial charge in [0.2, 0.25) is 0 Å². The van der Waals surface area contributed by atoms with Crippen LogP contribution >= 0.6 is 0 Å². The molecule has 0 spiro atoms. The summed E-state index contributed by atoms with van der Waals surface area (Å²) in [5, 5.41) is 18.8. The van der Waals surface area contributed by atoms with E-state index in [0.717, 1.165) is 17.9 Å². The maximum absolute atomic E-state index is 11.1. The van der Waals surface area contributed by atoms with E-state index in [1.165, 1.54) is 0 Å². The van der Waals surface area contributed by atoms with Crippen molar-refractivity contribution in [1.29, 1.82) is 0 Å². The molecule has 1 aliphatic heterocycles. The Hall–Kier alpha value is -1.36. The van der Waals surface area contributed by atoms with Crippen molar-refractivity contribution in [1.82, 2.24) is 9.55 Å². The molecule has 5 heteroatoms. The minimum Gasteiger partial charge on any atom is -0.476 e. The van der Waals surface area contributed by atoms with Crippen LogP contribution in [0.3, 0.4) is 0 Å². The second-order valence-corrected chi connectivity index (χ2v) is 5.03. The largest absolute Gasteiger partial charge is 0.476 e. The maximum atomic E-state index is 11.1. The van der Waals surface area contributed by atoms with Crippen molar-refractivity contribution in [3.63, 3.8) is 0 Å². The highest BCUT2D eigenvalue weighted by Crippen LogP contribution is 2.22. The van der Waals surface area contributed by atoms with E-state index in [1.807, 2.05) is 4.57 Å². The van der Waals surface area contributed by atoms with E-state index in [1.54, 1.807) is 0 Å². The Bertz CT molecular complexity index is 437. The first-order chi connectivity index (χ1) is 7.99. The number of aromatic carboxylic acids is 1. The lowest BCUT2D eigenvalue weighted by molar-refractivity contribution is 0.0686. The molecule has 1 unspecified atom stereocenters. The number of carboxylic acid groups (broad SMARTS) is 1. The zero-order valence-electron chi connectivity index (χ0n) is 10.2. The summed E-state index contributed by atoms with van der Waals surface area (Å²) in [5.41, 5.74) is 0.922. The summed E-state index contributed by atoms with van der Waals surface area (Å²) in [7, 11) is 0. The first-order valence-corrected chi connectivity index (χ1v) is 5.98. The molecule has 0 aromatic carbocycles. The van der Waals surface area contributed by atoms with Crippen LogP contribution in [0.1, 0.15) is 42.3 Å². The van der Waals surface area contributed by atoms with E-state index >= 15 is 0 Å². The van der Waals surface area contributed by atoms with Crippen molar-refractivity contribution in [2.24, 2.45) is 5.92 Å². The fourth-order valence-electron chi connectivity index (χ4n) is 2.30. The number of hydrogen-bond donors (Lipinski definition) is 2. The molecule has 5 nitrogen and oxygen atoms in total. The Morgan fingerprint density at radius 2 is 2.29 bits per heavy atom. The highest BCUT2D eigenvalue weighted by atomic mass is 16.4. The summed E-state index contributed by atoms with van der Waals surface area (Å²) < 4.78 is 1.89. The second kappa shape index (κ2) is 4.49. The molecule has 0 fully saturated rings. The molecule has 0 amide bonds. The number of aliphatic hydroxyl groups excluding tert-OH is 1. The summed E-state index contributed by atoms with van der Waals surface area (Å²) in [5.74, 6) is 0.230. The molecule has 2 N–H and O–H groups in total. The SMILES string of the molecule is CC(C)Cc1nc(C(=O)O)c2n1CC(O)CC2. The van der Waals surface area contributed by atoms with Crippen LogP contribution in [0, 0.1) is 5.92 Å². The van der Waals surface area contributed by atoms with Crippen molar-refractivity contribution >= 4 is 5.97 Å². The minimum absolute atomic E-state index is 0.160. The summed E-state index contributed by atoms with van der Waals surface area (Å²) in [4.78, 5) is 15.3. The van der Waals surface area contributed by atoms with Crippen LogP contribution in [0.25, 0.3) is 0 Å². The van der Waals surface area contributed by atoms with Gasteiger partial charge in [0.15, 0.2) is 5.69 Å². The molecule has 0 radical (unpaired) electrons. The van der Waals surface area contributed by atoms with Crippen LogP contribution in [-0.4, -0.2) is 31.8 Å². The van der Waals surface area contributed by atoms with Gasteiger partial charge in [-0.05, 0) is 18.8 Å². The third kappa shape index (κ3) is 2.34. The predicted octanol–water partition coefficient (Wildman–Crippen LogP) is 1.09. The quantitative estimate of drug-likeness (QED) is 0.826. The number of fused-ring (bicyclic) bond motifs is 1. The molecule has 1 aromatic heterocycles. The molecule has 17 heavy (non-hydrogen) atoms. The van der Waals surface area contributed by atoms with Gasteiger partial charge in [-0.3, -0.25) is 0 Å². The van der Waals surface area contributed by atoms with Crippen molar-refractivity contribution in [3.05, 3.63) is 17.2 Å². The normalized spacial score (nSPS) is 19.4. The molecule has 1 aromatic rings. The van der Waals surface area contributed by atoms with Crippen LogP contribution in [0.15, 0.2) is 0 Å². The Morgan fingerprint density at radius 3 is 2.88 bits per heavy atom. The van der Waals surface area contributed by atoms with Gasteiger partial charge in [0.1, 0.15) is 5.82 Å². The Labute approximate surface area is 100 Å². The van der Waals surface area contributed by atoms with Gasteiger partial charge in [-0.2, -0.15) is 0 Å². The zero-order valence-corrected chi connectivity index (χ0v) is 10.2. The van der Waals surface area contributed by atoms with Gasteiger partial charge in [-0.25, -0.2) is 9.78 Å². The predicted molar refractivity (Wildman–Crippen MR) is 62.1 cm³/mol. The van der Waals surface area contributed by atoms with Crippen LogP contribution < -0.4 is 0 Å². The van der Waals surface area contributed by atoms with Crippen molar-refractivity contribution in [2.45, 2.75) is 45.8 Å². The number of aromatic nitrogens is 2.